The Morgan fingerprint density at radius 2 is 1.78 bits per heavy atom. The van der Waals surface area contributed by atoms with Crippen molar-refractivity contribution in [1.82, 2.24) is 4.90 Å². The van der Waals surface area contributed by atoms with Crippen molar-refractivity contribution in [3.05, 3.63) is 35.4 Å². The molecular weight excluding hydrogens is 308 g/mol. The van der Waals surface area contributed by atoms with Crippen LogP contribution in [-0.2, 0) is 17.6 Å². The Morgan fingerprint density at radius 1 is 1.22 bits per heavy atom. The number of amides is 1. The summed E-state index contributed by atoms with van der Waals surface area (Å²) in [7, 11) is 0. The molecule has 3 nitrogen and oxygen atoms in total. The van der Waals surface area contributed by atoms with E-state index in [9.17, 15) is 4.79 Å². The quantitative estimate of drug-likeness (QED) is 0.861. The van der Waals surface area contributed by atoms with Crippen LogP contribution >= 0.6 is 12.4 Å². The topological polar surface area (TPSA) is 46.3 Å². The molecule has 0 saturated carbocycles. The highest BCUT2D eigenvalue weighted by atomic mass is 35.5. The summed E-state index contributed by atoms with van der Waals surface area (Å²) >= 11 is 0. The van der Waals surface area contributed by atoms with Crippen LogP contribution in [0.15, 0.2) is 24.3 Å². The monoisotopic (exact) mass is 338 g/mol. The Labute approximate surface area is 147 Å². The van der Waals surface area contributed by atoms with Crippen LogP contribution in [0.1, 0.15) is 50.7 Å². The molecule has 0 aliphatic carbocycles. The highest BCUT2D eigenvalue weighted by Crippen LogP contribution is 2.20. The average molecular weight is 339 g/mol. The van der Waals surface area contributed by atoms with Crippen LogP contribution in [0.5, 0.6) is 0 Å². The van der Waals surface area contributed by atoms with Gasteiger partial charge < -0.3 is 10.6 Å². The van der Waals surface area contributed by atoms with Crippen LogP contribution < -0.4 is 5.73 Å². The number of aryl methyl sites for hydroxylation is 1. The minimum Gasteiger partial charge on any atom is -0.342 e. The van der Waals surface area contributed by atoms with E-state index in [-0.39, 0.29) is 24.4 Å². The van der Waals surface area contributed by atoms with Crippen molar-refractivity contribution in [2.45, 2.75) is 58.4 Å². The van der Waals surface area contributed by atoms with Crippen LogP contribution in [0.25, 0.3) is 0 Å². The van der Waals surface area contributed by atoms with Gasteiger partial charge in [0.05, 0.1) is 6.42 Å². The van der Waals surface area contributed by atoms with Gasteiger partial charge in [0.25, 0.3) is 0 Å². The molecule has 1 saturated heterocycles. The minimum absolute atomic E-state index is 0. The third kappa shape index (κ3) is 6.15. The highest BCUT2D eigenvalue weighted by Gasteiger charge is 2.24. The van der Waals surface area contributed by atoms with E-state index in [1.807, 2.05) is 4.90 Å². The first-order valence-electron chi connectivity index (χ1n) is 8.71. The third-order valence-electron chi connectivity index (χ3n) is 4.83. The molecule has 2 rings (SSSR count). The van der Waals surface area contributed by atoms with Crippen molar-refractivity contribution in [2.75, 3.05) is 13.1 Å². The largest absolute Gasteiger partial charge is 0.342 e. The van der Waals surface area contributed by atoms with Crippen LogP contribution in [0.3, 0.4) is 0 Å². The zero-order valence-electron chi connectivity index (χ0n) is 14.5. The molecule has 4 heteroatoms. The molecule has 0 aromatic heterocycles. The van der Waals surface area contributed by atoms with Gasteiger partial charge in [0.15, 0.2) is 0 Å². The van der Waals surface area contributed by atoms with Crippen LogP contribution in [0.2, 0.25) is 0 Å². The predicted molar refractivity (Wildman–Crippen MR) is 99.0 cm³/mol. The van der Waals surface area contributed by atoms with E-state index < -0.39 is 0 Å². The van der Waals surface area contributed by atoms with Gasteiger partial charge >= 0.3 is 0 Å². The summed E-state index contributed by atoms with van der Waals surface area (Å²) in [5, 5.41) is 0. The SMILES string of the molecule is CCCCc1ccc(CC(=O)N2CCC(C(C)N)CC2)cc1.Cl. The number of hydrogen-bond acceptors (Lipinski definition) is 2. The van der Waals surface area contributed by atoms with E-state index in [0.29, 0.717) is 12.3 Å². The molecule has 1 amide bonds. The first-order chi connectivity index (χ1) is 10.6. The molecule has 0 spiro atoms. The summed E-state index contributed by atoms with van der Waals surface area (Å²) in [6.45, 7) is 6.00. The lowest BCUT2D eigenvalue weighted by atomic mass is 9.90. The second-order valence-corrected chi connectivity index (χ2v) is 6.67. The second-order valence-electron chi connectivity index (χ2n) is 6.67. The van der Waals surface area contributed by atoms with Gasteiger partial charge in [-0.05, 0) is 49.7 Å². The van der Waals surface area contributed by atoms with Gasteiger partial charge in [-0.25, -0.2) is 0 Å². The molecule has 1 fully saturated rings. The molecular formula is C19H31ClN2O. The van der Waals surface area contributed by atoms with Crippen molar-refractivity contribution >= 4 is 18.3 Å². The van der Waals surface area contributed by atoms with Crippen molar-refractivity contribution in [1.29, 1.82) is 0 Å². The Bertz CT molecular complexity index is 465. The number of likely N-dealkylation sites (tertiary alicyclic amines) is 1. The summed E-state index contributed by atoms with van der Waals surface area (Å²) in [4.78, 5) is 14.4. The molecule has 2 N–H and O–H groups in total. The lowest BCUT2D eigenvalue weighted by molar-refractivity contribution is -0.131. The maximum Gasteiger partial charge on any atom is 0.226 e. The fourth-order valence-corrected chi connectivity index (χ4v) is 3.17. The molecule has 1 aromatic carbocycles. The Hall–Kier alpha value is -1.06. The number of nitrogens with zero attached hydrogens (tertiary/aromatic N) is 1. The Balaban J connectivity index is 0.00000264. The van der Waals surface area contributed by atoms with Crippen LogP contribution in [0.4, 0.5) is 0 Å². The van der Waals surface area contributed by atoms with Gasteiger partial charge in [0, 0.05) is 19.1 Å². The summed E-state index contributed by atoms with van der Waals surface area (Å²) < 4.78 is 0. The van der Waals surface area contributed by atoms with E-state index in [4.69, 9.17) is 5.73 Å². The number of unbranched alkanes of at least 4 members (excludes halogenated alkanes) is 1. The molecule has 1 aliphatic rings. The molecule has 1 aliphatic heterocycles. The maximum atomic E-state index is 12.4. The summed E-state index contributed by atoms with van der Waals surface area (Å²) in [5.74, 6) is 0.825. The zero-order chi connectivity index (χ0) is 15.9. The van der Waals surface area contributed by atoms with E-state index in [1.54, 1.807) is 0 Å². The average Bonchev–Trinajstić information content (AvgIpc) is 2.54. The molecule has 1 unspecified atom stereocenters. The number of benzene rings is 1. The lowest BCUT2D eigenvalue weighted by Gasteiger charge is -2.33. The fraction of sp³-hybridized carbons (Fsp3) is 0.632. The normalized spacial score (nSPS) is 16.7. The minimum atomic E-state index is 0. The lowest BCUT2D eigenvalue weighted by Crippen LogP contribution is -2.43. The number of carbonyl (C=O) groups is 1. The summed E-state index contributed by atoms with van der Waals surface area (Å²) in [6.07, 6.45) is 6.19. The molecule has 0 bridgehead atoms. The number of rotatable bonds is 6. The molecule has 1 heterocycles. The Kier molecular flexibility index (Phi) is 8.64. The van der Waals surface area contributed by atoms with Gasteiger partial charge in [-0.1, -0.05) is 37.6 Å². The number of hydrogen-bond donors (Lipinski definition) is 1. The molecule has 1 atom stereocenters. The Morgan fingerprint density at radius 3 is 2.30 bits per heavy atom. The highest BCUT2D eigenvalue weighted by molar-refractivity contribution is 5.85. The number of carbonyl (C=O) groups excluding carboxylic acids is 1. The summed E-state index contributed by atoms with van der Waals surface area (Å²) in [5.41, 5.74) is 8.45. The van der Waals surface area contributed by atoms with E-state index in [2.05, 4.69) is 38.1 Å². The van der Waals surface area contributed by atoms with Crippen LogP contribution in [-0.4, -0.2) is 29.9 Å². The van der Waals surface area contributed by atoms with Gasteiger partial charge in [-0.15, -0.1) is 12.4 Å². The maximum absolute atomic E-state index is 12.4. The number of piperidine rings is 1. The third-order valence-corrected chi connectivity index (χ3v) is 4.83. The van der Waals surface area contributed by atoms with E-state index in [0.717, 1.165) is 37.9 Å². The van der Waals surface area contributed by atoms with Crippen LogP contribution in [0, 0.1) is 5.92 Å². The second kappa shape index (κ2) is 9.94. The standard InChI is InChI=1S/C19H30N2O.ClH/c1-3-4-5-16-6-8-17(9-7-16)14-19(22)21-12-10-18(11-13-21)15(2)20;/h6-9,15,18H,3-5,10-14,20H2,1-2H3;1H. The fourth-order valence-electron chi connectivity index (χ4n) is 3.17. The van der Waals surface area contributed by atoms with Crippen molar-refractivity contribution in [3.63, 3.8) is 0 Å². The van der Waals surface area contributed by atoms with Crippen molar-refractivity contribution < 1.29 is 4.79 Å². The molecule has 1 aromatic rings. The molecule has 130 valence electrons. The molecule has 23 heavy (non-hydrogen) atoms. The van der Waals surface area contributed by atoms with E-state index >= 15 is 0 Å². The van der Waals surface area contributed by atoms with Gasteiger partial charge in [0.2, 0.25) is 5.91 Å². The predicted octanol–water partition coefficient (Wildman–Crippen LogP) is 3.58. The smallest absolute Gasteiger partial charge is 0.226 e. The first kappa shape index (κ1) is 20.0. The van der Waals surface area contributed by atoms with Gasteiger partial charge in [-0.2, -0.15) is 0 Å². The first-order valence-corrected chi connectivity index (χ1v) is 8.71. The number of nitrogens with two attached hydrogens (primary N) is 1. The van der Waals surface area contributed by atoms with Gasteiger partial charge in [0.1, 0.15) is 0 Å². The van der Waals surface area contributed by atoms with Crippen molar-refractivity contribution in [3.8, 4) is 0 Å². The summed E-state index contributed by atoms with van der Waals surface area (Å²) in [6, 6.07) is 8.80. The van der Waals surface area contributed by atoms with E-state index in [1.165, 1.54) is 18.4 Å². The van der Waals surface area contributed by atoms with Crippen molar-refractivity contribution in [2.24, 2.45) is 11.7 Å². The van der Waals surface area contributed by atoms with Gasteiger partial charge in [-0.3, -0.25) is 4.79 Å². The molecule has 0 radical (unpaired) electrons. The number of halogens is 1. The zero-order valence-corrected chi connectivity index (χ0v) is 15.3.